The molecule has 1 unspecified atom stereocenters. The van der Waals surface area contributed by atoms with Crippen LogP contribution in [0.2, 0.25) is 0 Å². The van der Waals surface area contributed by atoms with Crippen LogP contribution in [0, 0.1) is 5.41 Å². The van der Waals surface area contributed by atoms with E-state index in [4.69, 9.17) is 10.5 Å². The predicted octanol–water partition coefficient (Wildman–Crippen LogP) is 2.12. The lowest BCUT2D eigenvalue weighted by molar-refractivity contribution is -0.120. The number of carbonyl (C=O) groups excluding carboxylic acids is 1. The lowest BCUT2D eigenvalue weighted by atomic mass is 9.88. The fourth-order valence-electron chi connectivity index (χ4n) is 2.09. The molecule has 0 aromatic heterocycles. The molecule has 1 aromatic carbocycles. The summed E-state index contributed by atoms with van der Waals surface area (Å²) in [4.78, 5) is 11.8. The van der Waals surface area contributed by atoms with E-state index >= 15 is 0 Å². The molecule has 1 amide bonds. The Morgan fingerprint density at radius 3 is 2.40 bits per heavy atom. The number of nitrogens with one attached hydrogen (secondary N) is 1. The highest BCUT2D eigenvalue weighted by molar-refractivity contribution is 5.78. The molecule has 0 aliphatic heterocycles. The predicted molar refractivity (Wildman–Crippen MR) is 81.8 cm³/mol. The first-order valence-electron chi connectivity index (χ1n) is 6.95. The number of carbonyl (C=O) groups is 1. The van der Waals surface area contributed by atoms with E-state index in [1.54, 1.807) is 7.11 Å². The maximum Gasteiger partial charge on any atom is 0.224 e. The first kappa shape index (κ1) is 16.5. The monoisotopic (exact) mass is 278 g/mol. The molecule has 0 saturated carbocycles. The van der Waals surface area contributed by atoms with Crippen LogP contribution >= 0.6 is 0 Å². The zero-order valence-electron chi connectivity index (χ0n) is 12.9. The largest absolute Gasteiger partial charge is 0.497 e. The van der Waals surface area contributed by atoms with Gasteiger partial charge in [0, 0.05) is 12.6 Å². The Morgan fingerprint density at radius 1 is 1.30 bits per heavy atom. The van der Waals surface area contributed by atoms with Crippen LogP contribution in [0.3, 0.4) is 0 Å². The normalized spacial score (nSPS) is 12.8. The van der Waals surface area contributed by atoms with Crippen molar-refractivity contribution in [2.45, 2.75) is 39.7 Å². The van der Waals surface area contributed by atoms with E-state index in [1.807, 2.05) is 24.3 Å². The summed E-state index contributed by atoms with van der Waals surface area (Å²) in [5, 5.41) is 2.89. The van der Waals surface area contributed by atoms with E-state index in [0.717, 1.165) is 17.7 Å². The fraction of sp³-hybridized carbons (Fsp3) is 0.562. The summed E-state index contributed by atoms with van der Waals surface area (Å²) < 4.78 is 5.08. The molecule has 0 radical (unpaired) electrons. The number of amides is 1. The van der Waals surface area contributed by atoms with Crippen molar-refractivity contribution in [1.29, 1.82) is 0 Å². The summed E-state index contributed by atoms with van der Waals surface area (Å²) in [6, 6.07) is 7.50. The van der Waals surface area contributed by atoms with Gasteiger partial charge in [-0.25, -0.2) is 0 Å². The van der Waals surface area contributed by atoms with Gasteiger partial charge in [0.15, 0.2) is 0 Å². The molecule has 4 nitrogen and oxygen atoms in total. The molecular formula is C16H26N2O2. The molecule has 20 heavy (non-hydrogen) atoms. The smallest absolute Gasteiger partial charge is 0.224 e. The highest BCUT2D eigenvalue weighted by Gasteiger charge is 2.16. The van der Waals surface area contributed by atoms with Crippen LogP contribution in [0.1, 0.15) is 32.8 Å². The Bertz CT molecular complexity index is 421. The number of ether oxygens (including phenoxy) is 1. The Morgan fingerprint density at radius 2 is 1.90 bits per heavy atom. The van der Waals surface area contributed by atoms with Crippen LogP contribution in [0.4, 0.5) is 0 Å². The molecule has 0 heterocycles. The zero-order valence-corrected chi connectivity index (χ0v) is 12.9. The lowest BCUT2D eigenvalue weighted by Gasteiger charge is -2.23. The number of benzene rings is 1. The molecule has 0 spiro atoms. The van der Waals surface area contributed by atoms with Crippen molar-refractivity contribution in [1.82, 2.24) is 5.32 Å². The molecule has 1 aromatic rings. The molecule has 0 saturated heterocycles. The van der Waals surface area contributed by atoms with Gasteiger partial charge in [-0.15, -0.1) is 0 Å². The number of rotatable bonds is 6. The molecule has 1 rings (SSSR count). The number of methoxy groups -OCH3 is 1. The van der Waals surface area contributed by atoms with Gasteiger partial charge in [-0.3, -0.25) is 4.79 Å². The Labute approximate surface area is 121 Å². The maximum atomic E-state index is 11.8. The topological polar surface area (TPSA) is 64.3 Å². The van der Waals surface area contributed by atoms with Crippen molar-refractivity contribution < 1.29 is 9.53 Å². The molecule has 3 N–H and O–H groups in total. The van der Waals surface area contributed by atoms with Gasteiger partial charge in [-0.1, -0.05) is 32.9 Å². The van der Waals surface area contributed by atoms with Gasteiger partial charge in [0.2, 0.25) is 5.91 Å². The Kier molecular flexibility index (Phi) is 6.02. The average Bonchev–Trinajstić information content (AvgIpc) is 2.35. The SMILES string of the molecule is COc1ccc(CC(=O)NCC(N)CC(C)(C)C)cc1. The second kappa shape index (κ2) is 7.29. The lowest BCUT2D eigenvalue weighted by Crippen LogP contribution is -2.39. The van der Waals surface area contributed by atoms with Gasteiger partial charge < -0.3 is 15.8 Å². The van der Waals surface area contributed by atoms with Crippen LogP contribution in [0.15, 0.2) is 24.3 Å². The summed E-state index contributed by atoms with van der Waals surface area (Å²) in [6.45, 7) is 6.95. The summed E-state index contributed by atoms with van der Waals surface area (Å²) in [5.74, 6) is 0.792. The number of hydrogen-bond donors (Lipinski definition) is 2. The third-order valence-electron chi connectivity index (χ3n) is 2.96. The van der Waals surface area contributed by atoms with Gasteiger partial charge in [-0.05, 0) is 29.5 Å². The van der Waals surface area contributed by atoms with Crippen molar-refractivity contribution in [3.63, 3.8) is 0 Å². The first-order chi connectivity index (χ1) is 9.30. The van der Waals surface area contributed by atoms with E-state index in [1.165, 1.54) is 0 Å². The van der Waals surface area contributed by atoms with Gasteiger partial charge >= 0.3 is 0 Å². The quantitative estimate of drug-likeness (QED) is 0.837. The van der Waals surface area contributed by atoms with Crippen molar-refractivity contribution >= 4 is 5.91 Å². The van der Waals surface area contributed by atoms with Crippen molar-refractivity contribution in [2.24, 2.45) is 11.1 Å². The minimum absolute atomic E-state index is 0.000439. The van der Waals surface area contributed by atoms with Crippen LogP contribution in [0.5, 0.6) is 5.75 Å². The minimum Gasteiger partial charge on any atom is -0.497 e. The van der Waals surface area contributed by atoms with Gasteiger partial charge in [0.05, 0.1) is 13.5 Å². The van der Waals surface area contributed by atoms with E-state index in [9.17, 15) is 4.79 Å². The van der Waals surface area contributed by atoms with E-state index in [-0.39, 0.29) is 17.4 Å². The highest BCUT2D eigenvalue weighted by Crippen LogP contribution is 2.19. The highest BCUT2D eigenvalue weighted by atomic mass is 16.5. The van der Waals surface area contributed by atoms with E-state index in [0.29, 0.717) is 13.0 Å². The molecular weight excluding hydrogens is 252 g/mol. The molecule has 4 heteroatoms. The third kappa shape index (κ3) is 6.57. The fourth-order valence-corrected chi connectivity index (χ4v) is 2.09. The van der Waals surface area contributed by atoms with Gasteiger partial charge in [-0.2, -0.15) is 0 Å². The van der Waals surface area contributed by atoms with Crippen LogP contribution in [0.25, 0.3) is 0 Å². The van der Waals surface area contributed by atoms with Crippen molar-refractivity contribution in [3.05, 3.63) is 29.8 Å². The van der Waals surface area contributed by atoms with Crippen LogP contribution in [-0.2, 0) is 11.2 Å². The molecule has 0 bridgehead atoms. The van der Waals surface area contributed by atoms with Crippen molar-refractivity contribution in [3.8, 4) is 5.75 Å². The molecule has 112 valence electrons. The summed E-state index contributed by atoms with van der Waals surface area (Å²) in [7, 11) is 1.62. The summed E-state index contributed by atoms with van der Waals surface area (Å²) in [6.07, 6.45) is 1.25. The van der Waals surface area contributed by atoms with Crippen LogP contribution < -0.4 is 15.8 Å². The second-order valence-electron chi connectivity index (χ2n) is 6.35. The maximum absolute atomic E-state index is 11.8. The zero-order chi connectivity index (χ0) is 15.2. The molecule has 0 aliphatic carbocycles. The second-order valence-corrected chi connectivity index (χ2v) is 6.35. The molecule has 0 fully saturated rings. The summed E-state index contributed by atoms with van der Waals surface area (Å²) in [5.41, 5.74) is 7.15. The minimum atomic E-state index is -0.00480. The van der Waals surface area contributed by atoms with E-state index < -0.39 is 0 Å². The number of hydrogen-bond acceptors (Lipinski definition) is 3. The Balaban J connectivity index is 2.36. The Hall–Kier alpha value is -1.55. The molecule has 1 atom stereocenters. The van der Waals surface area contributed by atoms with Gasteiger partial charge in [0.25, 0.3) is 0 Å². The van der Waals surface area contributed by atoms with E-state index in [2.05, 4.69) is 26.1 Å². The number of nitrogens with two attached hydrogens (primary N) is 1. The van der Waals surface area contributed by atoms with Gasteiger partial charge in [0.1, 0.15) is 5.75 Å². The van der Waals surface area contributed by atoms with Crippen molar-refractivity contribution in [2.75, 3.05) is 13.7 Å². The van der Waals surface area contributed by atoms with Crippen LogP contribution in [-0.4, -0.2) is 25.6 Å². The standard InChI is InChI=1S/C16H26N2O2/c1-16(2,3)10-13(17)11-18-15(19)9-12-5-7-14(20-4)8-6-12/h5-8,13H,9-11,17H2,1-4H3,(H,18,19). The first-order valence-corrected chi connectivity index (χ1v) is 6.95. The summed E-state index contributed by atoms with van der Waals surface area (Å²) >= 11 is 0. The average molecular weight is 278 g/mol. The molecule has 0 aliphatic rings. The third-order valence-corrected chi connectivity index (χ3v) is 2.96.